The largest absolute Gasteiger partial charge is 0.480 e. The van der Waals surface area contributed by atoms with Gasteiger partial charge in [-0.1, -0.05) is 0 Å². The number of ether oxygens (including phenoxy) is 3. The van der Waals surface area contributed by atoms with Crippen LogP contribution in [0.5, 0.6) is 5.75 Å². The van der Waals surface area contributed by atoms with Gasteiger partial charge in [-0.15, -0.1) is 11.3 Å². The molecular weight excluding hydrogens is 498 g/mol. The molecule has 0 bridgehead atoms. The molecule has 0 aliphatic carbocycles. The fourth-order valence-electron chi connectivity index (χ4n) is 3.41. The molecule has 37 heavy (non-hydrogen) atoms. The SMILES string of the molecule is CC(C)(C)OC(=O)COc1ccc(C(=O)CNC(=O)c2cc3c(s2)CCN(C(=O)OC(C)(C)C)C3)nc1. The number of pyridine rings is 1. The van der Waals surface area contributed by atoms with Gasteiger partial charge in [0.25, 0.3) is 5.91 Å². The molecule has 2 aromatic heterocycles. The molecule has 0 saturated carbocycles. The van der Waals surface area contributed by atoms with Crippen molar-refractivity contribution in [2.24, 2.45) is 0 Å². The van der Waals surface area contributed by atoms with Crippen LogP contribution in [0.15, 0.2) is 24.4 Å². The van der Waals surface area contributed by atoms with Gasteiger partial charge in [-0.05, 0) is 71.7 Å². The van der Waals surface area contributed by atoms with Crippen LogP contribution in [-0.4, -0.2) is 64.5 Å². The standard InChI is InChI=1S/C26H33N3O7S/c1-25(2,3)35-22(31)15-34-17-7-8-18(27-12-17)19(30)13-28-23(32)21-11-16-14-29(10-9-20(16)37-21)24(33)36-26(4,5)6/h7-8,11-12H,9-10,13-15H2,1-6H3,(H,28,32). The molecule has 10 nitrogen and oxygen atoms in total. The Balaban J connectivity index is 1.49. The van der Waals surface area contributed by atoms with Crippen molar-refractivity contribution in [1.82, 2.24) is 15.2 Å². The fraction of sp³-hybridized carbons (Fsp3) is 0.500. The number of fused-ring (bicyclic) bond motifs is 1. The van der Waals surface area contributed by atoms with Gasteiger partial charge < -0.3 is 24.4 Å². The average molecular weight is 532 g/mol. The molecule has 1 N–H and O–H groups in total. The topological polar surface area (TPSA) is 124 Å². The molecule has 0 aromatic carbocycles. The van der Waals surface area contributed by atoms with Crippen LogP contribution in [0.1, 0.15) is 72.1 Å². The Morgan fingerprint density at radius 1 is 1.05 bits per heavy atom. The van der Waals surface area contributed by atoms with E-state index in [9.17, 15) is 19.2 Å². The first-order valence-electron chi connectivity index (χ1n) is 11.9. The first-order chi connectivity index (χ1) is 17.2. The van der Waals surface area contributed by atoms with Gasteiger partial charge in [-0.2, -0.15) is 0 Å². The minimum atomic E-state index is -0.609. The summed E-state index contributed by atoms with van der Waals surface area (Å²) in [5.74, 6) is -0.933. The summed E-state index contributed by atoms with van der Waals surface area (Å²) in [4.78, 5) is 56.5. The highest BCUT2D eigenvalue weighted by Crippen LogP contribution is 2.29. The van der Waals surface area contributed by atoms with Gasteiger partial charge >= 0.3 is 12.1 Å². The maximum atomic E-state index is 12.7. The van der Waals surface area contributed by atoms with E-state index in [0.717, 1.165) is 10.4 Å². The van der Waals surface area contributed by atoms with Gasteiger partial charge in [-0.3, -0.25) is 9.59 Å². The van der Waals surface area contributed by atoms with E-state index in [2.05, 4.69) is 10.3 Å². The molecule has 0 spiro atoms. The second-order valence-corrected chi connectivity index (χ2v) is 11.7. The Hall–Kier alpha value is -3.47. The van der Waals surface area contributed by atoms with Gasteiger partial charge in [0.05, 0.1) is 24.2 Å². The van der Waals surface area contributed by atoms with E-state index in [1.54, 1.807) is 31.7 Å². The van der Waals surface area contributed by atoms with Crippen LogP contribution in [0.3, 0.4) is 0 Å². The van der Waals surface area contributed by atoms with Crippen LogP contribution < -0.4 is 10.1 Å². The zero-order valence-electron chi connectivity index (χ0n) is 22.0. The molecule has 0 saturated heterocycles. The predicted molar refractivity (Wildman–Crippen MR) is 137 cm³/mol. The third-order valence-corrected chi connectivity index (χ3v) is 6.19. The average Bonchev–Trinajstić information content (AvgIpc) is 3.23. The third-order valence-electron chi connectivity index (χ3n) is 4.95. The normalized spacial score (nSPS) is 13.4. The van der Waals surface area contributed by atoms with E-state index in [0.29, 0.717) is 30.1 Å². The van der Waals surface area contributed by atoms with E-state index < -0.39 is 17.2 Å². The third kappa shape index (κ3) is 8.56. The number of ketones is 1. The second kappa shape index (κ2) is 11.3. The Labute approximate surface area is 220 Å². The molecule has 0 atom stereocenters. The molecule has 0 fully saturated rings. The highest BCUT2D eigenvalue weighted by Gasteiger charge is 2.28. The molecule has 2 aromatic rings. The van der Waals surface area contributed by atoms with Crippen molar-refractivity contribution in [1.29, 1.82) is 0 Å². The first-order valence-corrected chi connectivity index (χ1v) is 12.7. The number of amides is 2. The van der Waals surface area contributed by atoms with Crippen LogP contribution in [0, 0.1) is 0 Å². The number of carbonyl (C=O) groups excluding carboxylic acids is 4. The lowest BCUT2D eigenvalue weighted by Gasteiger charge is -2.29. The molecule has 11 heteroatoms. The zero-order chi connectivity index (χ0) is 27.4. The number of thiophene rings is 1. The smallest absolute Gasteiger partial charge is 0.410 e. The van der Waals surface area contributed by atoms with Gasteiger partial charge in [0.15, 0.2) is 12.4 Å². The number of nitrogens with zero attached hydrogens (tertiary/aromatic N) is 2. The predicted octanol–water partition coefficient (Wildman–Crippen LogP) is 3.77. The van der Waals surface area contributed by atoms with Crippen molar-refractivity contribution in [2.45, 2.75) is 65.7 Å². The number of esters is 1. The monoisotopic (exact) mass is 531 g/mol. The molecule has 0 unspecified atom stereocenters. The van der Waals surface area contributed by atoms with Crippen LogP contribution in [0.4, 0.5) is 4.79 Å². The minimum absolute atomic E-state index is 0.156. The summed E-state index contributed by atoms with van der Waals surface area (Å²) in [6.45, 7) is 11.1. The van der Waals surface area contributed by atoms with E-state index >= 15 is 0 Å². The lowest BCUT2D eigenvalue weighted by atomic mass is 10.1. The van der Waals surface area contributed by atoms with Crippen molar-refractivity contribution in [2.75, 3.05) is 19.7 Å². The molecule has 1 aliphatic heterocycles. The fourth-order valence-corrected chi connectivity index (χ4v) is 4.49. The van der Waals surface area contributed by atoms with E-state index in [4.69, 9.17) is 14.2 Å². The van der Waals surface area contributed by atoms with Crippen molar-refractivity contribution >= 4 is 35.1 Å². The van der Waals surface area contributed by atoms with E-state index in [1.165, 1.54) is 29.7 Å². The Morgan fingerprint density at radius 2 is 1.76 bits per heavy atom. The highest BCUT2D eigenvalue weighted by atomic mass is 32.1. The van der Waals surface area contributed by atoms with Crippen LogP contribution in [-0.2, 0) is 27.2 Å². The summed E-state index contributed by atoms with van der Waals surface area (Å²) < 4.78 is 16.0. The summed E-state index contributed by atoms with van der Waals surface area (Å²) >= 11 is 1.36. The molecule has 3 heterocycles. The highest BCUT2D eigenvalue weighted by molar-refractivity contribution is 7.14. The summed E-state index contributed by atoms with van der Waals surface area (Å²) in [5, 5.41) is 2.63. The van der Waals surface area contributed by atoms with Crippen molar-refractivity contribution in [3.63, 3.8) is 0 Å². The quantitative estimate of drug-likeness (QED) is 0.423. The van der Waals surface area contributed by atoms with Gasteiger partial charge in [0.2, 0.25) is 0 Å². The van der Waals surface area contributed by atoms with Crippen molar-refractivity contribution < 1.29 is 33.4 Å². The summed E-state index contributed by atoms with van der Waals surface area (Å²) in [6.07, 6.45) is 1.59. The number of hydrogen-bond donors (Lipinski definition) is 1. The number of rotatable bonds is 7. The molecule has 1 aliphatic rings. The Kier molecular flexibility index (Phi) is 8.57. The summed E-state index contributed by atoms with van der Waals surface area (Å²) in [7, 11) is 0. The molecule has 200 valence electrons. The first kappa shape index (κ1) is 28.1. The number of carbonyl (C=O) groups is 4. The number of nitrogens with one attached hydrogen (secondary N) is 1. The zero-order valence-corrected chi connectivity index (χ0v) is 22.8. The minimum Gasteiger partial charge on any atom is -0.480 e. The van der Waals surface area contributed by atoms with E-state index in [1.807, 2.05) is 20.8 Å². The maximum Gasteiger partial charge on any atom is 0.410 e. The maximum absolute atomic E-state index is 12.7. The van der Waals surface area contributed by atoms with Gasteiger partial charge in [0.1, 0.15) is 22.6 Å². The second-order valence-electron chi connectivity index (χ2n) is 10.6. The summed E-state index contributed by atoms with van der Waals surface area (Å²) in [5.41, 5.74) is -0.126. The van der Waals surface area contributed by atoms with Crippen LogP contribution in [0.25, 0.3) is 0 Å². The Morgan fingerprint density at radius 3 is 2.38 bits per heavy atom. The lowest BCUT2D eigenvalue weighted by Crippen LogP contribution is -2.39. The van der Waals surface area contributed by atoms with Crippen LogP contribution in [0.2, 0.25) is 0 Å². The van der Waals surface area contributed by atoms with Gasteiger partial charge in [-0.25, -0.2) is 14.6 Å². The molecule has 0 radical (unpaired) electrons. The van der Waals surface area contributed by atoms with Crippen molar-refractivity contribution in [3.05, 3.63) is 45.4 Å². The number of aromatic nitrogens is 1. The van der Waals surface area contributed by atoms with Crippen LogP contribution >= 0.6 is 11.3 Å². The van der Waals surface area contributed by atoms with E-state index in [-0.39, 0.29) is 36.6 Å². The molecule has 2 amide bonds. The van der Waals surface area contributed by atoms with Gasteiger partial charge in [0, 0.05) is 11.4 Å². The summed E-state index contributed by atoms with van der Waals surface area (Å²) in [6, 6.07) is 4.75. The number of Topliss-reactive ketones (excluding diaryl/α,β-unsaturated/α-hetero) is 1. The number of hydrogen-bond acceptors (Lipinski definition) is 9. The molecular formula is C26H33N3O7S. The van der Waals surface area contributed by atoms with Crippen molar-refractivity contribution in [3.8, 4) is 5.75 Å². The Bertz CT molecular complexity index is 1160. The molecule has 3 rings (SSSR count). The lowest BCUT2D eigenvalue weighted by molar-refractivity contribution is -0.157.